The Labute approximate surface area is 307 Å². The molecule has 6 aromatic carbocycles. The zero-order valence-corrected chi connectivity index (χ0v) is 31.0. The van der Waals surface area contributed by atoms with E-state index in [-0.39, 0.29) is 11.9 Å². The van der Waals surface area contributed by atoms with Crippen LogP contribution in [0.25, 0.3) is 33.5 Å². The van der Waals surface area contributed by atoms with E-state index in [1.54, 1.807) is 0 Å². The SMILES string of the molecule is CN1c2cccc(-c3cc(-c4ccccc4)cc(-c4ccc([Si](C)(C)C)cn4)c3)c2NC1c1ccc(N(c2ccccc2)c2ccccc2)cc1O. The van der Waals surface area contributed by atoms with Crippen LogP contribution in [0.2, 0.25) is 19.6 Å². The Morgan fingerprint density at radius 3 is 1.87 bits per heavy atom. The third kappa shape index (κ3) is 6.33. The van der Waals surface area contributed by atoms with Gasteiger partial charge in [-0.25, -0.2) is 0 Å². The summed E-state index contributed by atoms with van der Waals surface area (Å²) >= 11 is 0. The number of nitrogens with one attached hydrogen (secondary N) is 1. The molecule has 52 heavy (non-hydrogen) atoms. The van der Waals surface area contributed by atoms with Crippen molar-refractivity contribution in [2.75, 3.05) is 22.2 Å². The third-order valence-electron chi connectivity index (χ3n) is 9.96. The monoisotopic (exact) mass is 694 g/mol. The van der Waals surface area contributed by atoms with Gasteiger partial charge < -0.3 is 20.2 Å². The maximum absolute atomic E-state index is 11.7. The van der Waals surface area contributed by atoms with Gasteiger partial charge in [0.05, 0.1) is 25.1 Å². The average Bonchev–Trinajstić information content (AvgIpc) is 3.51. The van der Waals surface area contributed by atoms with Crippen LogP contribution in [0.5, 0.6) is 5.75 Å². The lowest BCUT2D eigenvalue weighted by Gasteiger charge is -2.27. The number of aromatic nitrogens is 1. The van der Waals surface area contributed by atoms with E-state index >= 15 is 0 Å². The molecule has 1 aliphatic heterocycles. The quantitative estimate of drug-likeness (QED) is 0.155. The van der Waals surface area contributed by atoms with Crippen molar-refractivity contribution in [1.29, 1.82) is 0 Å². The summed E-state index contributed by atoms with van der Waals surface area (Å²) in [4.78, 5) is 9.33. The number of pyridine rings is 1. The molecular weight excluding hydrogens is 653 g/mol. The molecular formula is C46H42N4OSi. The Morgan fingerprint density at radius 1 is 0.615 bits per heavy atom. The predicted molar refractivity (Wildman–Crippen MR) is 221 cm³/mol. The highest BCUT2D eigenvalue weighted by Crippen LogP contribution is 2.48. The second kappa shape index (κ2) is 13.5. The maximum atomic E-state index is 11.7. The average molecular weight is 695 g/mol. The third-order valence-corrected chi connectivity index (χ3v) is 12.0. The molecule has 0 radical (unpaired) electrons. The molecule has 1 atom stereocenters. The van der Waals surface area contributed by atoms with Gasteiger partial charge in [0.15, 0.2) is 0 Å². The van der Waals surface area contributed by atoms with Gasteiger partial charge in [-0.1, -0.05) is 105 Å². The van der Waals surface area contributed by atoms with Gasteiger partial charge in [-0.05, 0) is 88.6 Å². The fourth-order valence-electron chi connectivity index (χ4n) is 7.13. The highest BCUT2D eigenvalue weighted by Gasteiger charge is 2.31. The number of phenols is 1. The molecule has 7 aromatic rings. The van der Waals surface area contributed by atoms with Crippen molar-refractivity contribution in [1.82, 2.24) is 4.98 Å². The molecule has 1 aromatic heterocycles. The number of fused-ring (bicyclic) bond motifs is 1. The lowest BCUT2D eigenvalue weighted by Crippen LogP contribution is -2.37. The molecule has 256 valence electrons. The van der Waals surface area contributed by atoms with Crippen LogP contribution >= 0.6 is 0 Å². The fourth-order valence-corrected chi connectivity index (χ4v) is 8.16. The molecule has 0 fully saturated rings. The van der Waals surface area contributed by atoms with Crippen molar-refractivity contribution in [3.05, 3.63) is 169 Å². The zero-order valence-electron chi connectivity index (χ0n) is 30.0. The van der Waals surface area contributed by atoms with Crippen molar-refractivity contribution in [2.45, 2.75) is 25.8 Å². The zero-order chi connectivity index (χ0) is 35.8. The first-order valence-corrected chi connectivity index (χ1v) is 21.3. The summed E-state index contributed by atoms with van der Waals surface area (Å²) < 4.78 is 0. The number of rotatable bonds is 8. The Hall–Kier alpha value is -6.11. The van der Waals surface area contributed by atoms with Crippen LogP contribution in [0.1, 0.15) is 11.7 Å². The van der Waals surface area contributed by atoms with Crippen LogP contribution in [0.3, 0.4) is 0 Å². The number of para-hydroxylation sites is 3. The summed E-state index contributed by atoms with van der Waals surface area (Å²) in [6.45, 7) is 7.05. The van der Waals surface area contributed by atoms with Gasteiger partial charge in [-0.2, -0.15) is 0 Å². The van der Waals surface area contributed by atoms with E-state index in [1.807, 2.05) is 48.5 Å². The van der Waals surface area contributed by atoms with Crippen molar-refractivity contribution in [3.63, 3.8) is 0 Å². The first-order chi connectivity index (χ1) is 25.2. The molecule has 2 N–H and O–H groups in total. The van der Waals surface area contributed by atoms with Crippen molar-refractivity contribution >= 4 is 41.7 Å². The van der Waals surface area contributed by atoms with Crippen molar-refractivity contribution in [3.8, 4) is 39.3 Å². The van der Waals surface area contributed by atoms with Gasteiger partial charge in [-0.3, -0.25) is 4.98 Å². The molecule has 2 heterocycles. The minimum absolute atomic E-state index is 0.231. The van der Waals surface area contributed by atoms with Crippen LogP contribution in [-0.4, -0.2) is 25.2 Å². The van der Waals surface area contributed by atoms with Crippen molar-refractivity contribution < 1.29 is 5.11 Å². The Morgan fingerprint density at radius 2 is 1.25 bits per heavy atom. The summed E-state index contributed by atoms with van der Waals surface area (Å²) in [6, 6.07) is 54.6. The number of benzene rings is 6. The number of hydrogen-bond donors (Lipinski definition) is 2. The Kier molecular flexibility index (Phi) is 8.61. The highest BCUT2D eigenvalue weighted by atomic mass is 28.3. The molecule has 1 aliphatic rings. The number of nitrogens with zero attached hydrogens (tertiary/aromatic N) is 3. The molecule has 0 saturated heterocycles. The summed E-state index contributed by atoms with van der Waals surface area (Å²) in [6.07, 6.45) is 1.80. The molecule has 0 aliphatic carbocycles. The van der Waals surface area contributed by atoms with E-state index in [9.17, 15) is 5.11 Å². The van der Waals surface area contributed by atoms with Gasteiger partial charge >= 0.3 is 0 Å². The lowest BCUT2D eigenvalue weighted by atomic mass is 9.94. The van der Waals surface area contributed by atoms with E-state index in [1.165, 1.54) is 5.19 Å². The predicted octanol–water partition coefficient (Wildman–Crippen LogP) is 11.4. The summed E-state index contributed by atoms with van der Waals surface area (Å²) in [5, 5.41) is 16.8. The van der Waals surface area contributed by atoms with Crippen LogP contribution in [-0.2, 0) is 0 Å². The van der Waals surface area contributed by atoms with Gasteiger partial charge in [0.2, 0.25) is 0 Å². The van der Waals surface area contributed by atoms with E-state index < -0.39 is 8.07 Å². The highest BCUT2D eigenvalue weighted by molar-refractivity contribution is 6.88. The van der Waals surface area contributed by atoms with Gasteiger partial charge in [-0.15, -0.1) is 0 Å². The number of anilines is 5. The number of aromatic hydroxyl groups is 1. The van der Waals surface area contributed by atoms with Gasteiger partial charge in [0.1, 0.15) is 11.9 Å². The maximum Gasteiger partial charge on any atom is 0.129 e. The molecule has 1 unspecified atom stereocenters. The lowest BCUT2D eigenvalue weighted by molar-refractivity contribution is 0.464. The van der Waals surface area contributed by atoms with Crippen LogP contribution < -0.4 is 20.3 Å². The molecule has 0 saturated carbocycles. The molecule has 0 spiro atoms. The van der Waals surface area contributed by atoms with E-state index in [0.717, 1.165) is 67.5 Å². The van der Waals surface area contributed by atoms with Crippen molar-refractivity contribution in [2.24, 2.45) is 0 Å². The summed E-state index contributed by atoms with van der Waals surface area (Å²) in [5.74, 6) is 0.231. The molecule has 8 rings (SSSR count). The van der Waals surface area contributed by atoms with Gasteiger partial charge in [0, 0.05) is 53.1 Å². The molecule has 5 nitrogen and oxygen atoms in total. The summed E-state index contributed by atoms with van der Waals surface area (Å²) in [5.41, 5.74) is 12.4. The topological polar surface area (TPSA) is 51.6 Å². The minimum atomic E-state index is -1.48. The summed E-state index contributed by atoms with van der Waals surface area (Å²) in [7, 11) is 0.603. The first kappa shape index (κ1) is 33.1. The number of phenolic OH excluding ortho intramolecular Hbond substituents is 1. The molecule has 6 heteroatoms. The van der Waals surface area contributed by atoms with Gasteiger partial charge in [0.25, 0.3) is 0 Å². The fraction of sp³-hybridized carbons (Fsp3) is 0.109. The Balaban J connectivity index is 1.17. The smallest absolute Gasteiger partial charge is 0.129 e. The van der Waals surface area contributed by atoms with E-state index in [2.05, 4.69) is 157 Å². The van der Waals surface area contributed by atoms with Crippen LogP contribution in [0.15, 0.2) is 164 Å². The van der Waals surface area contributed by atoms with Crippen LogP contribution in [0, 0.1) is 0 Å². The standard InChI is InChI=1S/C46H42N4OSi/c1-49-43-22-14-21-40(34-27-33(32-15-8-5-9-16-32)28-35(29-34)42-26-24-39(31-47-42)52(2,3)4)45(43)48-46(49)41-25-23-38(30-44(41)51)50(36-17-10-6-11-18-36)37-19-12-7-13-20-37/h5-31,46,48,51H,1-4H3. The Bertz CT molecular complexity index is 2300. The normalized spacial score (nSPS) is 13.8. The first-order valence-electron chi connectivity index (χ1n) is 17.8. The largest absolute Gasteiger partial charge is 0.507 e. The second-order valence-corrected chi connectivity index (χ2v) is 19.5. The minimum Gasteiger partial charge on any atom is -0.507 e. The number of hydrogen-bond acceptors (Lipinski definition) is 5. The molecule has 0 bridgehead atoms. The van der Waals surface area contributed by atoms with E-state index in [4.69, 9.17) is 4.98 Å². The van der Waals surface area contributed by atoms with Crippen LogP contribution in [0.4, 0.5) is 28.4 Å². The second-order valence-electron chi connectivity index (χ2n) is 14.5. The molecule has 0 amide bonds. The van der Waals surface area contributed by atoms with E-state index in [0.29, 0.717) is 0 Å².